The minimum absolute atomic E-state index is 0.168. The number of aliphatic hydroxyl groups is 4. The first-order valence-corrected chi connectivity index (χ1v) is 9.33. The zero-order chi connectivity index (χ0) is 23.2. The van der Waals surface area contributed by atoms with Crippen molar-refractivity contribution in [3.63, 3.8) is 0 Å². The second-order valence-corrected chi connectivity index (χ2v) is 6.92. The monoisotopic (exact) mass is 448 g/mol. The lowest BCUT2D eigenvalue weighted by Gasteiger charge is -2.16. The van der Waals surface area contributed by atoms with Gasteiger partial charge in [-0.25, -0.2) is 4.39 Å². The van der Waals surface area contributed by atoms with E-state index in [1.54, 1.807) is 24.3 Å². The molecule has 2 aromatic carbocycles. The molecule has 4 atom stereocenters. The Labute approximate surface area is 176 Å². The maximum Gasteiger partial charge on any atom is 0.573 e. The molecule has 0 amide bonds. The number of hydrogen-bond acceptors (Lipinski definition) is 6. The summed E-state index contributed by atoms with van der Waals surface area (Å²) in [7, 11) is 1.52. The van der Waals surface area contributed by atoms with Crippen LogP contribution in [0.3, 0.4) is 0 Å². The van der Waals surface area contributed by atoms with Gasteiger partial charge in [0.1, 0.15) is 23.8 Å². The van der Waals surface area contributed by atoms with E-state index in [0.29, 0.717) is 11.3 Å². The average molecular weight is 448 g/mol. The SMILES string of the molecule is COc1ccc(Cc2cc(C(O)CO)ccc2OC(F)(F)F)cc1.OCC1C(O)C1F. The molecule has 10 heteroatoms. The van der Waals surface area contributed by atoms with Gasteiger partial charge in [0.15, 0.2) is 0 Å². The van der Waals surface area contributed by atoms with Crippen molar-refractivity contribution in [3.05, 3.63) is 59.2 Å². The van der Waals surface area contributed by atoms with Crippen molar-refractivity contribution in [1.29, 1.82) is 0 Å². The first kappa shape index (κ1) is 24.9. The molecule has 6 nitrogen and oxygen atoms in total. The van der Waals surface area contributed by atoms with Crippen molar-refractivity contribution < 1.29 is 47.5 Å². The third-order valence-corrected chi connectivity index (χ3v) is 4.67. The normalized spacial score (nSPS) is 21.0. The van der Waals surface area contributed by atoms with Crippen molar-refractivity contribution in [2.75, 3.05) is 20.3 Å². The highest BCUT2D eigenvalue weighted by molar-refractivity contribution is 5.42. The van der Waals surface area contributed by atoms with E-state index in [2.05, 4.69) is 4.74 Å². The van der Waals surface area contributed by atoms with Crippen molar-refractivity contribution in [2.24, 2.45) is 5.92 Å². The molecule has 0 aromatic heterocycles. The maximum atomic E-state index is 12.6. The maximum absolute atomic E-state index is 12.6. The largest absolute Gasteiger partial charge is 0.573 e. The number of rotatable bonds is 7. The highest BCUT2D eigenvalue weighted by Gasteiger charge is 2.49. The van der Waals surface area contributed by atoms with Crippen LogP contribution in [0.15, 0.2) is 42.5 Å². The summed E-state index contributed by atoms with van der Waals surface area (Å²) in [5, 5.41) is 35.2. The standard InChI is InChI=1S/C17H17F3O4.C4H7FO2/c1-23-14-5-2-11(3-6-14)8-13-9-12(15(22)10-21)4-7-16(13)24-17(18,19)20;5-3-2(1-6)4(3)7/h2-7,9,15,21-22H,8,10H2,1H3;2-4,6-7H,1H2. The van der Waals surface area contributed by atoms with Gasteiger partial charge in [0, 0.05) is 12.3 Å². The van der Waals surface area contributed by atoms with Crippen LogP contribution in [0.5, 0.6) is 11.5 Å². The number of hydrogen-bond donors (Lipinski definition) is 4. The molecule has 1 fully saturated rings. The average Bonchev–Trinajstić information content (AvgIpc) is 3.33. The summed E-state index contributed by atoms with van der Waals surface area (Å²) in [5.41, 5.74) is 1.32. The number of aliphatic hydroxyl groups excluding tert-OH is 4. The zero-order valence-corrected chi connectivity index (χ0v) is 16.6. The Morgan fingerprint density at radius 3 is 2.10 bits per heavy atom. The van der Waals surface area contributed by atoms with Crippen LogP contribution in [-0.4, -0.2) is 59.4 Å². The smallest absolute Gasteiger partial charge is 0.497 e. The minimum atomic E-state index is -4.81. The molecule has 2 aromatic rings. The molecule has 31 heavy (non-hydrogen) atoms. The molecule has 1 aliphatic rings. The summed E-state index contributed by atoms with van der Waals surface area (Å²) < 4.78 is 58.5. The summed E-state index contributed by atoms with van der Waals surface area (Å²) >= 11 is 0. The van der Waals surface area contributed by atoms with Crippen LogP contribution in [0, 0.1) is 5.92 Å². The third-order valence-electron chi connectivity index (χ3n) is 4.67. The van der Waals surface area contributed by atoms with E-state index in [1.165, 1.54) is 19.2 Å². The molecular weight excluding hydrogens is 424 g/mol. The summed E-state index contributed by atoms with van der Waals surface area (Å²) in [4.78, 5) is 0. The van der Waals surface area contributed by atoms with Gasteiger partial charge < -0.3 is 29.9 Å². The summed E-state index contributed by atoms with van der Waals surface area (Å²) in [6.07, 6.45) is -7.86. The molecule has 4 N–H and O–H groups in total. The topological polar surface area (TPSA) is 99.4 Å². The summed E-state index contributed by atoms with van der Waals surface area (Å²) in [6.45, 7) is -0.760. The Hall–Kier alpha value is -2.40. The predicted molar refractivity (Wildman–Crippen MR) is 102 cm³/mol. The molecule has 0 radical (unpaired) electrons. The van der Waals surface area contributed by atoms with E-state index in [0.717, 1.165) is 11.6 Å². The van der Waals surface area contributed by atoms with Crippen molar-refractivity contribution in [2.45, 2.75) is 31.2 Å². The fourth-order valence-corrected chi connectivity index (χ4v) is 2.76. The lowest BCUT2D eigenvalue weighted by molar-refractivity contribution is -0.274. The van der Waals surface area contributed by atoms with Crippen LogP contribution in [0.1, 0.15) is 22.8 Å². The van der Waals surface area contributed by atoms with Gasteiger partial charge in [-0.05, 0) is 41.0 Å². The first-order chi connectivity index (χ1) is 14.6. The molecule has 0 saturated heterocycles. The predicted octanol–water partition coefficient (Wildman–Crippen LogP) is 2.52. The van der Waals surface area contributed by atoms with Crippen molar-refractivity contribution in [3.8, 4) is 11.5 Å². The number of ether oxygens (including phenoxy) is 2. The minimum Gasteiger partial charge on any atom is -0.497 e. The summed E-state index contributed by atoms with van der Waals surface area (Å²) in [5.74, 6) is -0.192. The highest BCUT2D eigenvalue weighted by Crippen LogP contribution is 2.33. The van der Waals surface area contributed by atoms with Gasteiger partial charge in [0.05, 0.1) is 26.4 Å². The van der Waals surface area contributed by atoms with Gasteiger partial charge in [0.25, 0.3) is 0 Å². The molecule has 0 bridgehead atoms. The van der Waals surface area contributed by atoms with E-state index >= 15 is 0 Å². The van der Waals surface area contributed by atoms with E-state index in [1.807, 2.05) is 0 Å². The molecule has 0 heterocycles. The Bertz CT molecular complexity index is 820. The van der Waals surface area contributed by atoms with Gasteiger partial charge in [0.2, 0.25) is 0 Å². The van der Waals surface area contributed by atoms with E-state index < -0.39 is 37.3 Å². The van der Waals surface area contributed by atoms with Crippen LogP contribution in [0.4, 0.5) is 17.6 Å². The fraction of sp³-hybridized carbons (Fsp3) is 0.429. The number of benzene rings is 2. The second-order valence-electron chi connectivity index (χ2n) is 6.92. The van der Waals surface area contributed by atoms with E-state index in [9.17, 15) is 22.7 Å². The molecule has 172 valence electrons. The molecular formula is C21H24F4O6. The van der Waals surface area contributed by atoms with Crippen molar-refractivity contribution >= 4 is 0 Å². The quantitative estimate of drug-likeness (QED) is 0.486. The van der Waals surface area contributed by atoms with Gasteiger partial charge in [-0.15, -0.1) is 13.2 Å². The van der Waals surface area contributed by atoms with E-state index in [-0.39, 0.29) is 24.3 Å². The Morgan fingerprint density at radius 1 is 1.06 bits per heavy atom. The third kappa shape index (κ3) is 7.35. The molecule has 1 aliphatic carbocycles. The second kappa shape index (κ2) is 10.8. The fourth-order valence-electron chi connectivity index (χ4n) is 2.76. The van der Waals surface area contributed by atoms with Gasteiger partial charge in [-0.1, -0.05) is 18.2 Å². The van der Waals surface area contributed by atoms with Crippen LogP contribution in [0.2, 0.25) is 0 Å². The van der Waals surface area contributed by atoms with Gasteiger partial charge in [-0.2, -0.15) is 0 Å². The summed E-state index contributed by atoms with van der Waals surface area (Å²) in [6, 6.07) is 10.7. The van der Waals surface area contributed by atoms with Gasteiger partial charge in [-0.3, -0.25) is 0 Å². The molecule has 0 spiro atoms. The lowest BCUT2D eigenvalue weighted by Crippen LogP contribution is -2.18. The van der Waals surface area contributed by atoms with Crippen LogP contribution < -0.4 is 9.47 Å². The lowest BCUT2D eigenvalue weighted by atomic mass is 9.99. The zero-order valence-electron chi connectivity index (χ0n) is 16.6. The first-order valence-electron chi connectivity index (χ1n) is 9.33. The molecule has 1 saturated carbocycles. The van der Waals surface area contributed by atoms with Crippen LogP contribution >= 0.6 is 0 Å². The van der Waals surface area contributed by atoms with Crippen LogP contribution in [0.25, 0.3) is 0 Å². The number of alkyl halides is 4. The Balaban J connectivity index is 0.000000412. The molecule has 0 aliphatic heterocycles. The van der Waals surface area contributed by atoms with Gasteiger partial charge >= 0.3 is 6.36 Å². The Morgan fingerprint density at radius 2 is 1.68 bits per heavy atom. The molecule has 4 unspecified atom stereocenters. The van der Waals surface area contributed by atoms with E-state index in [4.69, 9.17) is 20.1 Å². The van der Waals surface area contributed by atoms with Crippen LogP contribution in [-0.2, 0) is 6.42 Å². The van der Waals surface area contributed by atoms with Crippen molar-refractivity contribution in [1.82, 2.24) is 0 Å². The number of halogens is 4. The molecule has 3 rings (SSSR count). The highest BCUT2D eigenvalue weighted by atomic mass is 19.4. The Kier molecular flexibility index (Phi) is 8.63. The number of methoxy groups -OCH3 is 1.